The Balaban J connectivity index is 1.65. The Hall–Kier alpha value is -0.870. The van der Waals surface area contributed by atoms with Gasteiger partial charge in [0.15, 0.2) is 0 Å². The third-order valence-corrected chi connectivity index (χ3v) is 5.51. The summed E-state index contributed by atoms with van der Waals surface area (Å²) in [5, 5.41) is 10.6. The predicted molar refractivity (Wildman–Crippen MR) is 78.2 cm³/mol. The van der Waals surface area contributed by atoms with Gasteiger partial charge in [-0.2, -0.15) is 0 Å². The number of fused-ring (bicyclic) bond motifs is 1. The second kappa shape index (κ2) is 4.57. The minimum absolute atomic E-state index is 0.134. The van der Waals surface area contributed by atoms with Crippen molar-refractivity contribution in [1.82, 2.24) is 9.97 Å². The molecule has 2 heterocycles. The van der Waals surface area contributed by atoms with Crippen LogP contribution in [0.15, 0.2) is 0 Å². The van der Waals surface area contributed by atoms with Crippen LogP contribution in [0.1, 0.15) is 43.0 Å². The lowest BCUT2D eigenvalue weighted by Gasteiger charge is -2.22. The van der Waals surface area contributed by atoms with Gasteiger partial charge in [-0.05, 0) is 38.5 Å². The zero-order valence-electron chi connectivity index (χ0n) is 11.7. The molecule has 1 saturated heterocycles. The second-order valence-corrected chi connectivity index (χ2v) is 6.93. The van der Waals surface area contributed by atoms with Crippen molar-refractivity contribution in [2.45, 2.75) is 44.6 Å². The Morgan fingerprint density at radius 2 is 1.95 bits per heavy atom. The maximum absolute atomic E-state index is 10.1. The second-order valence-electron chi connectivity index (χ2n) is 6.57. The highest BCUT2D eigenvalue weighted by atomic mass is 35.5. The number of halogens is 1. The Bertz CT molecular complexity index is 546. The molecule has 0 bridgehead atoms. The first kappa shape index (κ1) is 12.8. The van der Waals surface area contributed by atoms with E-state index in [4.69, 9.17) is 16.6 Å². The third-order valence-electron chi connectivity index (χ3n) is 5.14. The number of hydrogen-bond donors (Lipinski definition) is 1. The number of aromatic nitrogens is 2. The average Bonchev–Trinajstić information content (AvgIpc) is 3.10. The van der Waals surface area contributed by atoms with E-state index < -0.39 is 0 Å². The first-order chi connectivity index (χ1) is 9.63. The molecule has 2 aliphatic carbocycles. The van der Waals surface area contributed by atoms with Crippen molar-refractivity contribution in [3.8, 4) is 0 Å². The molecule has 1 aromatic rings. The van der Waals surface area contributed by atoms with Crippen LogP contribution < -0.4 is 4.90 Å². The molecular weight excluding hydrogens is 274 g/mol. The van der Waals surface area contributed by atoms with E-state index in [0.29, 0.717) is 22.9 Å². The molecule has 4 rings (SSSR count). The first-order valence-corrected chi connectivity index (χ1v) is 7.98. The molecule has 1 aromatic heterocycles. The highest BCUT2D eigenvalue weighted by Gasteiger charge is 2.43. The monoisotopic (exact) mass is 293 g/mol. The molecule has 0 spiro atoms. The van der Waals surface area contributed by atoms with E-state index in [2.05, 4.69) is 9.88 Å². The maximum atomic E-state index is 10.1. The summed E-state index contributed by atoms with van der Waals surface area (Å²) in [7, 11) is 0. The van der Waals surface area contributed by atoms with Gasteiger partial charge in [-0.25, -0.2) is 9.97 Å². The van der Waals surface area contributed by atoms with Gasteiger partial charge in [-0.15, -0.1) is 0 Å². The van der Waals surface area contributed by atoms with Crippen LogP contribution in [0.5, 0.6) is 0 Å². The lowest BCUT2D eigenvalue weighted by Crippen LogP contribution is -2.26. The fourth-order valence-corrected chi connectivity index (χ4v) is 3.91. The van der Waals surface area contributed by atoms with Crippen molar-refractivity contribution in [1.29, 1.82) is 0 Å². The summed E-state index contributed by atoms with van der Waals surface area (Å²) in [6.45, 7) is 3.91. The van der Waals surface area contributed by atoms with Gasteiger partial charge in [0.1, 0.15) is 16.8 Å². The molecule has 0 amide bonds. The van der Waals surface area contributed by atoms with Gasteiger partial charge in [-0.1, -0.05) is 11.6 Å². The van der Waals surface area contributed by atoms with Gasteiger partial charge in [0, 0.05) is 30.5 Å². The summed E-state index contributed by atoms with van der Waals surface area (Å²) < 4.78 is 0. The number of hydrogen-bond acceptors (Lipinski definition) is 4. The van der Waals surface area contributed by atoms with Gasteiger partial charge in [-0.3, -0.25) is 0 Å². The molecule has 1 aliphatic heterocycles. The van der Waals surface area contributed by atoms with Crippen LogP contribution in [0.25, 0.3) is 0 Å². The van der Waals surface area contributed by atoms with Crippen LogP contribution in [0.4, 0.5) is 5.82 Å². The van der Waals surface area contributed by atoms with Crippen LogP contribution in [-0.2, 0) is 0 Å². The Labute approximate surface area is 124 Å². The minimum Gasteiger partial charge on any atom is -0.393 e. The molecule has 1 N–H and O–H groups in total. The van der Waals surface area contributed by atoms with Crippen molar-refractivity contribution >= 4 is 17.4 Å². The molecule has 20 heavy (non-hydrogen) atoms. The number of rotatable bonds is 2. The maximum Gasteiger partial charge on any atom is 0.137 e. The molecule has 108 valence electrons. The van der Waals surface area contributed by atoms with Crippen molar-refractivity contribution in [2.75, 3.05) is 18.0 Å². The van der Waals surface area contributed by atoms with E-state index in [1.54, 1.807) is 0 Å². The molecule has 2 saturated carbocycles. The van der Waals surface area contributed by atoms with E-state index in [9.17, 15) is 5.11 Å². The van der Waals surface area contributed by atoms with Gasteiger partial charge in [0.05, 0.1) is 6.10 Å². The highest BCUT2D eigenvalue weighted by Crippen LogP contribution is 2.43. The molecule has 0 radical (unpaired) electrons. The summed E-state index contributed by atoms with van der Waals surface area (Å²) in [5.74, 6) is 3.44. The Morgan fingerprint density at radius 3 is 2.65 bits per heavy atom. The fourth-order valence-electron chi connectivity index (χ4n) is 3.74. The lowest BCUT2D eigenvalue weighted by atomic mass is 10.00. The molecule has 3 aliphatic rings. The molecule has 5 heteroatoms. The van der Waals surface area contributed by atoms with Crippen LogP contribution >= 0.6 is 11.6 Å². The zero-order valence-corrected chi connectivity index (χ0v) is 12.5. The average molecular weight is 294 g/mol. The molecule has 3 fully saturated rings. The topological polar surface area (TPSA) is 49.2 Å². The quantitative estimate of drug-likeness (QED) is 0.851. The van der Waals surface area contributed by atoms with Crippen LogP contribution in [0.3, 0.4) is 0 Å². The molecule has 3 unspecified atom stereocenters. The van der Waals surface area contributed by atoms with Gasteiger partial charge < -0.3 is 10.0 Å². The van der Waals surface area contributed by atoms with Crippen LogP contribution in [-0.4, -0.2) is 34.3 Å². The highest BCUT2D eigenvalue weighted by molar-refractivity contribution is 6.30. The van der Waals surface area contributed by atoms with E-state index >= 15 is 0 Å². The Morgan fingerprint density at radius 1 is 1.15 bits per heavy atom. The summed E-state index contributed by atoms with van der Waals surface area (Å²) in [6.07, 6.45) is 4.33. The lowest BCUT2D eigenvalue weighted by molar-refractivity contribution is 0.133. The third kappa shape index (κ3) is 2.01. The fraction of sp³-hybridized carbons (Fsp3) is 0.733. The smallest absolute Gasteiger partial charge is 0.137 e. The molecule has 4 nitrogen and oxygen atoms in total. The number of aliphatic hydroxyl groups is 1. The summed E-state index contributed by atoms with van der Waals surface area (Å²) >= 11 is 6.29. The van der Waals surface area contributed by atoms with Crippen molar-refractivity contribution in [3.05, 3.63) is 16.5 Å². The van der Waals surface area contributed by atoms with E-state index in [-0.39, 0.29) is 6.10 Å². The number of anilines is 1. The molecule has 0 aromatic carbocycles. The van der Waals surface area contributed by atoms with Crippen molar-refractivity contribution < 1.29 is 5.11 Å². The van der Waals surface area contributed by atoms with Crippen molar-refractivity contribution in [2.24, 2.45) is 11.8 Å². The van der Waals surface area contributed by atoms with Gasteiger partial charge in [0.2, 0.25) is 0 Å². The summed E-state index contributed by atoms with van der Waals surface area (Å²) in [5.41, 5.74) is 0.977. The summed E-state index contributed by atoms with van der Waals surface area (Å²) in [4.78, 5) is 11.5. The molecule has 3 atom stereocenters. The van der Waals surface area contributed by atoms with E-state index in [1.807, 2.05) is 6.92 Å². The van der Waals surface area contributed by atoms with E-state index in [0.717, 1.165) is 43.1 Å². The standard InChI is InChI=1S/C15H20ClN3O/c1-8-13(16)17-14(9-2-3-9)18-15(8)19-6-10-4-5-12(20)11(10)7-19/h9-12,20H,2-7H2,1H3. The summed E-state index contributed by atoms with van der Waals surface area (Å²) in [6, 6.07) is 0. The first-order valence-electron chi connectivity index (χ1n) is 7.60. The SMILES string of the molecule is Cc1c(Cl)nc(C2CC2)nc1N1CC2CCC(O)C2C1. The van der Waals surface area contributed by atoms with Gasteiger partial charge >= 0.3 is 0 Å². The van der Waals surface area contributed by atoms with Crippen LogP contribution in [0.2, 0.25) is 5.15 Å². The largest absolute Gasteiger partial charge is 0.393 e. The number of nitrogens with zero attached hydrogens (tertiary/aromatic N) is 3. The zero-order chi connectivity index (χ0) is 13.9. The van der Waals surface area contributed by atoms with Crippen LogP contribution in [0, 0.1) is 18.8 Å². The van der Waals surface area contributed by atoms with Crippen molar-refractivity contribution in [3.63, 3.8) is 0 Å². The minimum atomic E-state index is -0.134. The normalized spacial score (nSPS) is 32.8. The molecular formula is C15H20ClN3O. The Kier molecular flexibility index (Phi) is 2.93. The van der Waals surface area contributed by atoms with E-state index in [1.165, 1.54) is 12.8 Å². The van der Waals surface area contributed by atoms with Gasteiger partial charge in [0.25, 0.3) is 0 Å². The number of aliphatic hydroxyl groups excluding tert-OH is 1. The predicted octanol–water partition coefficient (Wildman–Crippen LogP) is 2.52.